The van der Waals surface area contributed by atoms with E-state index in [1.165, 1.54) is 36.0 Å². The normalized spacial score (nSPS) is 22.9. The van der Waals surface area contributed by atoms with Gasteiger partial charge < -0.3 is 15.8 Å². The van der Waals surface area contributed by atoms with Gasteiger partial charge in [-0.15, -0.1) is 0 Å². The van der Waals surface area contributed by atoms with Crippen LogP contribution in [-0.2, 0) is 17.6 Å². The number of hydrogen-bond acceptors (Lipinski definition) is 2. The van der Waals surface area contributed by atoms with Crippen LogP contribution < -0.4 is 11.1 Å². The zero-order valence-electron chi connectivity index (χ0n) is 15.9. The summed E-state index contributed by atoms with van der Waals surface area (Å²) in [5.74, 6) is 0.873. The summed E-state index contributed by atoms with van der Waals surface area (Å²) < 4.78 is 6.07. The molecule has 0 bridgehead atoms. The summed E-state index contributed by atoms with van der Waals surface area (Å²) in [4.78, 5) is 4.67. The van der Waals surface area contributed by atoms with E-state index in [2.05, 4.69) is 52.8 Å². The number of fused-ring (bicyclic) bond motifs is 1. The highest BCUT2D eigenvalue weighted by atomic mass is 16.5. The Labute approximate surface area is 161 Å². The third-order valence-corrected chi connectivity index (χ3v) is 5.73. The summed E-state index contributed by atoms with van der Waals surface area (Å²) in [6.45, 7) is 1.51. The van der Waals surface area contributed by atoms with E-state index in [0.29, 0.717) is 18.4 Å². The lowest BCUT2D eigenvalue weighted by molar-refractivity contribution is -0.0249. The van der Waals surface area contributed by atoms with Gasteiger partial charge in [-0.05, 0) is 61.3 Å². The Balaban J connectivity index is 1.44. The molecule has 0 saturated carbocycles. The predicted octanol–water partition coefficient (Wildman–Crippen LogP) is 4.46. The van der Waals surface area contributed by atoms with Crippen LogP contribution >= 0.6 is 0 Å². The second-order valence-corrected chi connectivity index (χ2v) is 7.61. The monoisotopic (exact) mass is 363 g/mol. The third-order valence-electron chi connectivity index (χ3n) is 5.73. The summed E-state index contributed by atoms with van der Waals surface area (Å²) in [7, 11) is 0. The molecule has 1 heterocycles. The molecule has 2 aromatic rings. The number of guanidine groups is 1. The standard InChI is InChI=1S/C23H29N3O/c24-23(26-21-14-6-11-17-8-4-5-13-20(17)21)25-16-19-12-7-15-27-22(19)18-9-2-1-3-10-18/h1-3,6,9-11,14,19,22H,4-5,7-8,12-13,15-16H2,(H3,24,25,26). The number of aliphatic imine (C=N–C) groups is 1. The molecule has 1 saturated heterocycles. The van der Waals surface area contributed by atoms with Crippen LogP contribution in [0.25, 0.3) is 0 Å². The van der Waals surface area contributed by atoms with Crippen molar-refractivity contribution in [2.24, 2.45) is 16.6 Å². The molecule has 4 heteroatoms. The van der Waals surface area contributed by atoms with Crippen LogP contribution in [0.1, 0.15) is 48.5 Å². The Hall–Kier alpha value is -2.33. The maximum absolute atomic E-state index is 6.24. The average Bonchev–Trinajstić information content (AvgIpc) is 2.73. The lowest BCUT2D eigenvalue weighted by Crippen LogP contribution is -2.28. The molecule has 2 atom stereocenters. The number of aryl methyl sites for hydroxylation is 1. The van der Waals surface area contributed by atoms with Crippen LogP contribution in [0.4, 0.5) is 5.69 Å². The lowest BCUT2D eigenvalue weighted by Gasteiger charge is -2.31. The topological polar surface area (TPSA) is 59.6 Å². The molecule has 1 aliphatic heterocycles. The smallest absolute Gasteiger partial charge is 0.193 e. The van der Waals surface area contributed by atoms with Crippen molar-refractivity contribution in [3.05, 3.63) is 65.2 Å². The van der Waals surface area contributed by atoms with E-state index < -0.39 is 0 Å². The van der Waals surface area contributed by atoms with Crippen LogP contribution in [0.2, 0.25) is 0 Å². The number of ether oxygens (including phenoxy) is 1. The van der Waals surface area contributed by atoms with E-state index >= 15 is 0 Å². The molecular weight excluding hydrogens is 334 g/mol. The van der Waals surface area contributed by atoms with E-state index in [9.17, 15) is 0 Å². The summed E-state index contributed by atoms with van der Waals surface area (Å²) in [6.07, 6.45) is 7.14. The molecule has 0 amide bonds. The SMILES string of the molecule is NC(=NCC1CCCOC1c1ccccc1)Nc1cccc2c1CCCC2. The van der Waals surface area contributed by atoms with Gasteiger partial charge in [-0.25, -0.2) is 0 Å². The lowest BCUT2D eigenvalue weighted by atomic mass is 9.89. The number of nitrogens with two attached hydrogens (primary N) is 1. The van der Waals surface area contributed by atoms with Crippen molar-refractivity contribution in [3.63, 3.8) is 0 Å². The number of nitrogens with one attached hydrogen (secondary N) is 1. The van der Waals surface area contributed by atoms with Gasteiger partial charge in [-0.1, -0.05) is 42.5 Å². The van der Waals surface area contributed by atoms with E-state index in [4.69, 9.17) is 10.5 Å². The fourth-order valence-corrected chi connectivity index (χ4v) is 4.33. The van der Waals surface area contributed by atoms with E-state index in [-0.39, 0.29) is 6.10 Å². The predicted molar refractivity (Wildman–Crippen MR) is 111 cm³/mol. The van der Waals surface area contributed by atoms with Crippen molar-refractivity contribution in [2.75, 3.05) is 18.5 Å². The van der Waals surface area contributed by atoms with Crippen molar-refractivity contribution in [1.29, 1.82) is 0 Å². The number of hydrogen-bond donors (Lipinski definition) is 2. The Morgan fingerprint density at radius 1 is 1.04 bits per heavy atom. The fraction of sp³-hybridized carbons (Fsp3) is 0.435. The molecule has 0 aromatic heterocycles. The van der Waals surface area contributed by atoms with Crippen molar-refractivity contribution in [3.8, 4) is 0 Å². The van der Waals surface area contributed by atoms with E-state index in [1.807, 2.05) is 6.07 Å². The number of benzene rings is 2. The molecule has 1 aliphatic carbocycles. The largest absolute Gasteiger partial charge is 0.373 e. The van der Waals surface area contributed by atoms with Crippen molar-refractivity contribution in [1.82, 2.24) is 0 Å². The van der Waals surface area contributed by atoms with Gasteiger partial charge in [0.2, 0.25) is 0 Å². The van der Waals surface area contributed by atoms with Crippen molar-refractivity contribution in [2.45, 2.75) is 44.6 Å². The molecule has 3 N–H and O–H groups in total. The molecule has 1 fully saturated rings. The van der Waals surface area contributed by atoms with Crippen LogP contribution in [0.3, 0.4) is 0 Å². The van der Waals surface area contributed by atoms with Gasteiger partial charge in [0.1, 0.15) is 0 Å². The molecule has 27 heavy (non-hydrogen) atoms. The second kappa shape index (κ2) is 8.57. The highest BCUT2D eigenvalue weighted by molar-refractivity contribution is 5.93. The second-order valence-electron chi connectivity index (χ2n) is 7.61. The van der Waals surface area contributed by atoms with Crippen molar-refractivity contribution < 1.29 is 4.74 Å². The highest BCUT2D eigenvalue weighted by Gasteiger charge is 2.27. The van der Waals surface area contributed by atoms with E-state index in [1.54, 1.807) is 0 Å². The summed E-state index contributed by atoms with van der Waals surface area (Å²) >= 11 is 0. The minimum atomic E-state index is 0.112. The van der Waals surface area contributed by atoms with Gasteiger partial charge in [0.25, 0.3) is 0 Å². The zero-order chi connectivity index (χ0) is 18.5. The first kappa shape index (κ1) is 18.1. The van der Waals surface area contributed by atoms with Crippen LogP contribution in [0.15, 0.2) is 53.5 Å². The Morgan fingerprint density at radius 3 is 2.78 bits per heavy atom. The molecule has 2 aliphatic rings. The van der Waals surface area contributed by atoms with Crippen molar-refractivity contribution >= 4 is 11.6 Å². The summed E-state index contributed by atoms with van der Waals surface area (Å²) in [5, 5.41) is 3.35. The minimum Gasteiger partial charge on any atom is -0.373 e. The first-order chi connectivity index (χ1) is 13.3. The third kappa shape index (κ3) is 4.33. The highest BCUT2D eigenvalue weighted by Crippen LogP contribution is 2.34. The van der Waals surface area contributed by atoms with Gasteiger partial charge in [-0.2, -0.15) is 0 Å². The van der Waals surface area contributed by atoms with Gasteiger partial charge in [0.05, 0.1) is 6.10 Å². The Bertz CT molecular complexity index is 787. The summed E-state index contributed by atoms with van der Waals surface area (Å²) in [6, 6.07) is 16.9. The number of nitrogens with zero attached hydrogens (tertiary/aromatic N) is 1. The zero-order valence-corrected chi connectivity index (χ0v) is 15.9. The minimum absolute atomic E-state index is 0.112. The molecule has 4 rings (SSSR count). The van der Waals surface area contributed by atoms with Gasteiger partial charge in [0.15, 0.2) is 5.96 Å². The van der Waals surface area contributed by atoms with Crippen LogP contribution in [0, 0.1) is 5.92 Å². The first-order valence-corrected chi connectivity index (χ1v) is 10.2. The molecular formula is C23H29N3O. The van der Waals surface area contributed by atoms with E-state index in [0.717, 1.165) is 31.6 Å². The van der Waals surface area contributed by atoms with Crippen LogP contribution in [-0.4, -0.2) is 19.1 Å². The fourth-order valence-electron chi connectivity index (χ4n) is 4.33. The first-order valence-electron chi connectivity index (χ1n) is 10.2. The molecule has 4 nitrogen and oxygen atoms in total. The van der Waals surface area contributed by atoms with Gasteiger partial charge >= 0.3 is 0 Å². The molecule has 2 aromatic carbocycles. The maximum atomic E-state index is 6.24. The molecule has 142 valence electrons. The maximum Gasteiger partial charge on any atom is 0.193 e. The molecule has 2 unspecified atom stereocenters. The van der Waals surface area contributed by atoms with Crippen LogP contribution in [0.5, 0.6) is 0 Å². The van der Waals surface area contributed by atoms with Gasteiger partial charge in [-0.3, -0.25) is 4.99 Å². The van der Waals surface area contributed by atoms with Gasteiger partial charge in [0, 0.05) is 24.8 Å². The summed E-state index contributed by atoms with van der Waals surface area (Å²) in [5.41, 5.74) is 11.4. The average molecular weight is 364 g/mol. The Morgan fingerprint density at radius 2 is 1.89 bits per heavy atom. The molecule has 0 radical (unpaired) electrons. The molecule has 0 spiro atoms. The Kier molecular flexibility index (Phi) is 5.73. The number of rotatable bonds is 4. The number of anilines is 1. The quantitative estimate of drug-likeness (QED) is 0.623.